The fraction of sp³-hybridized carbons (Fsp3) is 0.333. The van der Waals surface area contributed by atoms with E-state index in [2.05, 4.69) is 196 Å². The molecular weight excluding hydrogens is 811 g/mol. The first-order chi connectivity index (χ1) is 26.1. The maximum atomic E-state index is 3.37. The predicted octanol–water partition coefficient (Wildman–Crippen LogP) is 9.31. The van der Waals surface area contributed by atoms with Crippen LogP contribution in [0.3, 0.4) is 0 Å². The van der Waals surface area contributed by atoms with Gasteiger partial charge < -0.3 is 24.8 Å². The minimum Gasteiger partial charge on any atom is -1.00 e. The van der Waals surface area contributed by atoms with Crippen molar-refractivity contribution in [2.75, 3.05) is 0 Å². The minimum atomic E-state index is 0. The number of hydrogen-bond acceptors (Lipinski definition) is 0. The third kappa shape index (κ3) is 11.3. The first-order valence-corrected chi connectivity index (χ1v) is 21.6. The Balaban J connectivity index is 0.000000246. The Hall–Kier alpha value is -3.22. The maximum absolute atomic E-state index is 3.37. The van der Waals surface area contributed by atoms with Gasteiger partial charge in [0, 0.05) is 0 Å². The Bertz CT molecular complexity index is 2180. The quantitative estimate of drug-likeness (QED) is 0.155. The fourth-order valence-electron chi connectivity index (χ4n) is 8.33. The summed E-state index contributed by atoms with van der Waals surface area (Å²) in [6.45, 7) is 20.7. The molecule has 1 saturated carbocycles. The van der Waals surface area contributed by atoms with Crippen LogP contribution in [0.15, 0.2) is 139 Å². The molecule has 0 heterocycles. The first kappa shape index (κ1) is 46.5. The Morgan fingerprint density at radius 2 is 1.07 bits per heavy atom. The van der Waals surface area contributed by atoms with Gasteiger partial charge in [0.1, 0.15) is 0 Å². The van der Waals surface area contributed by atoms with Crippen LogP contribution in [-0.4, -0.2) is 3.21 Å². The maximum Gasteiger partial charge on any atom is -1.00 e. The summed E-state index contributed by atoms with van der Waals surface area (Å²) in [5.41, 5.74) is 11.6. The first-order valence-electron chi connectivity index (χ1n) is 20.4. The van der Waals surface area contributed by atoms with Crippen molar-refractivity contribution in [2.24, 2.45) is 11.3 Å². The average Bonchev–Trinajstić information content (AvgIpc) is 3.78. The van der Waals surface area contributed by atoms with Gasteiger partial charge in [-0.3, -0.25) is 6.08 Å². The molecule has 8 rings (SSSR count). The normalized spacial score (nSPS) is 16.0. The summed E-state index contributed by atoms with van der Waals surface area (Å²) in [6.07, 6.45) is 15.0. The van der Waals surface area contributed by atoms with Gasteiger partial charge in [0.2, 0.25) is 0 Å². The van der Waals surface area contributed by atoms with Gasteiger partial charge in [-0.15, -0.1) is 39.7 Å². The summed E-state index contributed by atoms with van der Waals surface area (Å²) in [5.74, 6) is 0.550. The van der Waals surface area contributed by atoms with Gasteiger partial charge in [0.25, 0.3) is 0 Å². The Kier molecular flexibility index (Phi) is 16.1. The molecular formula is C54H60Cl2Zr-2. The monoisotopic (exact) mass is 868 g/mol. The van der Waals surface area contributed by atoms with E-state index in [1.807, 2.05) is 6.07 Å². The molecule has 0 saturated heterocycles. The zero-order valence-electron chi connectivity index (χ0n) is 35.6. The van der Waals surface area contributed by atoms with Crippen molar-refractivity contribution in [1.29, 1.82) is 0 Å². The Morgan fingerprint density at radius 1 is 0.649 bits per heavy atom. The van der Waals surface area contributed by atoms with Crippen molar-refractivity contribution in [3.05, 3.63) is 162 Å². The van der Waals surface area contributed by atoms with Crippen LogP contribution in [0.2, 0.25) is 0 Å². The standard InChI is InChI=1S/C33H33.C13H19.C8H8.2ClH.Zr/c1-32(2,3)30-20-26-24(18-28(30)22-13-9-7-10-14-22)17-25-19-29(23-15-11-8-12-16-23)31(21-27(25)26)33(4,5)6;1-11-6-7-12(10-11)13(2)8-4-3-5-9-13;1-2-8-6-4-3-5-7-8;;;/h7-21H,1-6H3;7,10-11H,3-5,8-9H2,1-2H3;3-7H,1H3;2*1H;/q2*-1;;;;+2/p-2. The molecule has 0 N–H and O–H groups in total. The van der Waals surface area contributed by atoms with Crippen molar-refractivity contribution in [3.63, 3.8) is 0 Å². The molecule has 0 nitrogen and oxygen atoms in total. The molecule has 3 heteroatoms. The number of hydrogen-bond donors (Lipinski definition) is 0. The second-order valence-electron chi connectivity index (χ2n) is 18.2. The number of rotatable bonds is 4. The van der Waals surface area contributed by atoms with E-state index < -0.39 is 0 Å². The van der Waals surface area contributed by atoms with Crippen LogP contribution in [0.5, 0.6) is 0 Å². The van der Waals surface area contributed by atoms with Crippen molar-refractivity contribution in [2.45, 2.75) is 105 Å². The molecule has 57 heavy (non-hydrogen) atoms. The molecule has 6 aromatic carbocycles. The molecule has 0 bridgehead atoms. The molecule has 0 radical (unpaired) electrons. The van der Waals surface area contributed by atoms with E-state index in [1.165, 1.54) is 120 Å². The molecule has 2 aliphatic carbocycles. The van der Waals surface area contributed by atoms with Crippen molar-refractivity contribution < 1.29 is 49.0 Å². The van der Waals surface area contributed by atoms with Crippen LogP contribution in [-0.2, 0) is 35.1 Å². The topological polar surface area (TPSA) is 0 Å². The summed E-state index contributed by atoms with van der Waals surface area (Å²) in [4.78, 5) is 0. The summed E-state index contributed by atoms with van der Waals surface area (Å²) in [5, 5.41) is 5.36. The summed E-state index contributed by atoms with van der Waals surface area (Å²) >= 11 is 1.51. The zero-order chi connectivity index (χ0) is 39.4. The van der Waals surface area contributed by atoms with Crippen molar-refractivity contribution >= 4 is 24.8 Å². The fourth-order valence-corrected chi connectivity index (χ4v) is 8.74. The third-order valence-electron chi connectivity index (χ3n) is 11.6. The third-order valence-corrected chi connectivity index (χ3v) is 12.3. The minimum absolute atomic E-state index is 0. The average molecular weight is 871 g/mol. The SMILES string of the molecule is CC(C)(C)c1cc2c(cc1-c1ccccc1)[cH-]c1cc(-c3ccccc3)c(C(C)(C)C)cc12.CC1[C-]=CC(C2(C)CCCCC2)=C1.C[C](=[Zr+2])c1ccccc1.[Cl-].[Cl-]. The van der Waals surface area contributed by atoms with Crippen molar-refractivity contribution in [3.8, 4) is 22.3 Å². The molecule has 0 amide bonds. The van der Waals surface area contributed by atoms with E-state index in [9.17, 15) is 0 Å². The van der Waals surface area contributed by atoms with Crippen molar-refractivity contribution in [1.82, 2.24) is 0 Å². The van der Waals surface area contributed by atoms with Gasteiger partial charge in [0.05, 0.1) is 0 Å². The van der Waals surface area contributed by atoms with Gasteiger partial charge in [-0.1, -0.05) is 172 Å². The van der Waals surface area contributed by atoms with E-state index in [0.717, 1.165) is 0 Å². The number of halogens is 2. The van der Waals surface area contributed by atoms with Gasteiger partial charge in [-0.25, -0.2) is 6.08 Å². The molecule has 1 atom stereocenters. The van der Waals surface area contributed by atoms with E-state index in [1.54, 1.807) is 5.57 Å². The summed E-state index contributed by atoms with van der Waals surface area (Å²) in [7, 11) is 0. The second kappa shape index (κ2) is 19.7. The van der Waals surface area contributed by atoms with Gasteiger partial charge >= 0.3 is 70.3 Å². The number of benzene rings is 5. The van der Waals surface area contributed by atoms with Crippen LogP contribution >= 0.6 is 0 Å². The smallest absolute Gasteiger partial charge is 1.00 e. The van der Waals surface area contributed by atoms with Gasteiger partial charge in [0.15, 0.2) is 0 Å². The van der Waals surface area contributed by atoms with Crippen LogP contribution in [0, 0.1) is 17.4 Å². The number of allylic oxidation sites excluding steroid dienone is 4. The van der Waals surface area contributed by atoms with E-state index in [4.69, 9.17) is 0 Å². The van der Waals surface area contributed by atoms with Crippen LogP contribution < -0.4 is 24.8 Å². The largest absolute Gasteiger partial charge is 1.00 e. The molecule has 2 aliphatic rings. The van der Waals surface area contributed by atoms with Gasteiger partial charge in [-0.05, 0) is 44.2 Å². The van der Waals surface area contributed by atoms with Crippen LogP contribution in [0.1, 0.15) is 111 Å². The molecule has 1 fully saturated rings. The summed E-state index contributed by atoms with van der Waals surface area (Å²) < 4.78 is 1.46. The number of fused-ring (bicyclic) bond motifs is 3. The zero-order valence-corrected chi connectivity index (χ0v) is 39.5. The molecule has 0 aliphatic heterocycles. The van der Waals surface area contributed by atoms with E-state index in [0.29, 0.717) is 11.3 Å². The second-order valence-corrected chi connectivity index (χ2v) is 20.0. The Labute approximate surface area is 371 Å². The van der Waals surface area contributed by atoms with Crippen LogP contribution in [0.25, 0.3) is 43.8 Å². The predicted molar refractivity (Wildman–Crippen MR) is 238 cm³/mol. The summed E-state index contributed by atoms with van der Waals surface area (Å²) in [6, 6.07) is 44.2. The molecule has 0 aromatic heterocycles. The molecule has 1 unspecified atom stereocenters. The van der Waals surface area contributed by atoms with E-state index >= 15 is 0 Å². The molecule has 6 aromatic rings. The van der Waals surface area contributed by atoms with Gasteiger partial charge in [-0.2, -0.15) is 11.6 Å². The van der Waals surface area contributed by atoms with E-state index in [-0.39, 0.29) is 35.6 Å². The Morgan fingerprint density at radius 3 is 1.42 bits per heavy atom. The van der Waals surface area contributed by atoms with Crippen LogP contribution in [0.4, 0.5) is 0 Å². The molecule has 296 valence electrons. The molecule has 0 spiro atoms.